The fourth-order valence-corrected chi connectivity index (χ4v) is 5.78. The molecule has 4 aliphatic carbocycles. The van der Waals surface area contributed by atoms with Crippen LogP contribution in [0.2, 0.25) is 0 Å². The lowest BCUT2D eigenvalue weighted by molar-refractivity contribution is -0.151. The van der Waals surface area contributed by atoms with Crippen LogP contribution in [0.3, 0.4) is 0 Å². The van der Waals surface area contributed by atoms with Crippen molar-refractivity contribution in [2.75, 3.05) is 0 Å². The predicted molar refractivity (Wildman–Crippen MR) is 90.3 cm³/mol. The Hall–Kier alpha value is -1.91. The molecule has 4 bridgehead atoms. The van der Waals surface area contributed by atoms with Gasteiger partial charge < -0.3 is 10.4 Å². The fourth-order valence-electron chi connectivity index (χ4n) is 5.78. The highest BCUT2D eigenvalue weighted by molar-refractivity contribution is 5.88. The second kappa shape index (κ2) is 6.11. The molecule has 5 heteroatoms. The van der Waals surface area contributed by atoms with E-state index in [1.165, 1.54) is 25.3 Å². The van der Waals surface area contributed by atoms with Gasteiger partial charge in [0.25, 0.3) is 0 Å². The minimum Gasteiger partial charge on any atom is -0.480 e. The third kappa shape index (κ3) is 3.05. The van der Waals surface area contributed by atoms with Crippen molar-refractivity contribution in [2.24, 2.45) is 23.2 Å². The normalized spacial score (nSPS) is 33.9. The van der Waals surface area contributed by atoms with Gasteiger partial charge in [0.05, 0.1) is 0 Å². The summed E-state index contributed by atoms with van der Waals surface area (Å²) in [6.45, 7) is 0. The standard InChI is InChI=1S/C20H24FNO3/c21-16-4-2-1-3-15(16)8-17(18(23)24)22-19(25)20-9-12-5-13(10-20)7-14(6-12)11-20/h1-4,12-14,17H,5-11H2,(H,22,25)(H,23,24)/t12?,13?,14?,17-,20?/m0/s1. The number of hydrogen-bond donors (Lipinski definition) is 2. The van der Waals surface area contributed by atoms with E-state index in [-0.39, 0.29) is 12.3 Å². The first kappa shape index (κ1) is 16.6. The van der Waals surface area contributed by atoms with Gasteiger partial charge in [-0.1, -0.05) is 18.2 Å². The molecular weight excluding hydrogens is 321 g/mol. The maximum Gasteiger partial charge on any atom is 0.326 e. The number of carbonyl (C=O) groups is 2. The summed E-state index contributed by atoms with van der Waals surface area (Å²) in [4.78, 5) is 24.7. The van der Waals surface area contributed by atoms with E-state index >= 15 is 0 Å². The van der Waals surface area contributed by atoms with Crippen molar-refractivity contribution in [3.8, 4) is 0 Å². The van der Waals surface area contributed by atoms with Gasteiger partial charge in [-0.15, -0.1) is 0 Å². The molecule has 1 aromatic carbocycles. The lowest BCUT2D eigenvalue weighted by Gasteiger charge is -2.55. The first-order chi connectivity index (χ1) is 11.9. The molecule has 0 unspecified atom stereocenters. The number of hydrogen-bond acceptors (Lipinski definition) is 2. The van der Waals surface area contributed by atoms with E-state index in [1.54, 1.807) is 18.2 Å². The molecule has 0 aromatic heterocycles. The molecule has 0 heterocycles. The molecule has 4 aliphatic rings. The van der Waals surface area contributed by atoms with Crippen LogP contribution in [0.4, 0.5) is 4.39 Å². The summed E-state index contributed by atoms with van der Waals surface area (Å²) in [5.74, 6) is 0.181. The van der Waals surface area contributed by atoms with E-state index in [1.807, 2.05) is 0 Å². The SMILES string of the molecule is O=C(O)[C@H](Cc1ccccc1F)NC(=O)C12CC3CC(CC(C3)C1)C2. The molecule has 5 rings (SSSR count). The molecule has 0 spiro atoms. The van der Waals surface area contributed by atoms with E-state index in [0.717, 1.165) is 19.3 Å². The van der Waals surface area contributed by atoms with Crippen LogP contribution < -0.4 is 5.32 Å². The summed E-state index contributed by atoms with van der Waals surface area (Å²) in [6.07, 6.45) is 6.31. The summed E-state index contributed by atoms with van der Waals surface area (Å²) in [5.41, 5.74) is -0.0711. The minimum absolute atomic E-state index is 0.0277. The van der Waals surface area contributed by atoms with Crippen molar-refractivity contribution in [3.05, 3.63) is 35.6 Å². The zero-order valence-corrected chi connectivity index (χ0v) is 14.2. The molecule has 1 aromatic rings. The Morgan fingerprint density at radius 2 is 1.68 bits per heavy atom. The van der Waals surface area contributed by atoms with Crippen LogP contribution in [0.5, 0.6) is 0 Å². The Bertz CT molecular complexity index is 667. The minimum atomic E-state index is -1.11. The number of aliphatic carboxylic acids is 1. The lowest BCUT2D eigenvalue weighted by Crippen LogP contribution is -2.56. The molecule has 0 aliphatic heterocycles. The van der Waals surface area contributed by atoms with Gasteiger partial charge in [-0.2, -0.15) is 0 Å². The Morgan fingerprint density at radius 1 is 1.12 bits per heavy atom. The van der Waals surface area contributed by atoms with Crippen LogP contribution in [0.1, 0.15) is 44.1 Å². The van der Waals surface area contributed by atoms with Gasteiger partial charge in [-0.25, -0.2) is 9.18 Å². The molecule has 0 saturated heterocycles. The van der Waals surface area contributed by atoms with Gasteiger partial charge in [0, 0.05) is 11.8 Å². The summed E-state index contributed by atoms with van der Waals surface area (Å²) in [7, 11) is 0. The van der Waals surface area contributed by atoms with E-state index in [0.29, 0.717) is 23.3 Å². The van der Waals surface area contributed by atoms with Gasteiger partial charge in [0.15, 0.2) is 0 Å². The number of rotatable bonds is 5. The molecule has 4 saturated carbocycles. The fraction of sp³-hybridized carbons (Fsp3) is 0.600. The smallest absolute Gasteiger partial charge is 0.326 e. The molecule has 25 heavy (non-hydrogen) atoms. The highest BCUT2D eigenvalue weighted by atomic mass is 19.1. The third-order valence-electron chi connectivity index (χ3n) is 6.51. The van der Waals surface area contributed by atoms with E-state index in [2.05, 4.69) is 5.32 Å². The number of carbonyl (C=O) groups excluding carboxylic acids is 1. The Balaban J connectivity index is 1.50. The number of amides is 1. The van der Waals surface area contributed by atoms with E-state index in [4.69, 9.17) is 0 Å². The molecule has 134 valence electrons. The molecule has 4 nitrogen and oxygen atoms in total. The van der Waals surface area contributed by atoms with Crippen molar-refractivity contribution in [1.29, 1.82) is 0 Å². The monoisotopic (exact) mass is 345 g/mol. The predicted octanol–water partition coefficient (Wildman–Crippen LogP) is 3.15. The van der Waals surface area contributed by atoms with Crippen LogP contribution >= 0.6 is 0 Å². The molecular formula is C20H24FNO3. The summed E-state index contributed by atoms with van der Waals surface area (Å²) < 4.78 is 13.9. The Morgan fingerprint density at radius 3 is 2.20 bits per heavy atom. The van der Waals surface area contributed by atoms with Crippen molar-refractivity contribution in [3.63, 3.8) is 0 Å². The Labute approximate surface area is 146 Å². The second-order valence-corrected chi connectivity index (χ2v) is 8.36. The first-order valence-corrected chi connectivity index (χ1v) is 9.22. The van der Waals surface area contributed by atoms with Gasteiger partial charge in [0.1, 0.15) is 11.9 Å². The number of carboxylic acid groups (broad SMARTS) is 1. The quantitative estimate of drug-likeness (QED) is 0.861. The summed E-state index contributed by atoms with van der Waals surface area (Å²) in [6, 6.07) is 5.05. The summed E-state index contributed by atoms with van der Waals surface area (Å²) in [5, 5.41) is 12.3. The van der Waals surface area contributed by atoms with Crippen molar-refractivity contribution >= 4 is 11.9 Å². The number of benzene rings is 1. The van der Waals surface area contributed by atoms with E-state index < -0.39 is 23.2 Å². The molecule has 0 radical (unpaired) electrons. The first-order valence-electron chi connectivity index (χ1n) is 9.22. The van der Waals surface area contributed by atoms with E-state index in [9.17, 15) is 19.1 Å². The Kier molecular flexibility index (Phi) is 4.05. The molecule has 1 amide bonds. The van der Waals surface area contributed by atoms with Gasteiger partial charge in [-0.05, 0) is 67.9 Å². The summed E-state index contributed by atoms with van der Waals surface area (Å²) >= 11 is 0. The lowest BCUT2D eigenvalue weighted by atomic mass is 9.49. The van der Waals surface area contributed by atoms with Gasteiger partial charge >= 0.3 is 5.97 Å². The maximum atomic E-state index is 13.9. The number of nitrogens with one attached hydrogen (secondary N) is 1. The van der Waals surface area contributed by atoms with Crippen LogP contribution in [0, 0.1) is 29.0 Å². The van der Waals surface area contributed by atoms with Crippen molar-refractivity contribution < 1.29 is 19.1 Å². The highest BCUT2D eigenvalue weighted by Crippen LogP contribution is 2.60. The number of halogens is 1. The van der Waals surface area contributed by atoms with Crippen LogP contribution in [-0.4, -0.2) is 23.0 Å². The molecule has 1 atom stereocenters. The van der Waals surface area contributed by atoms with Crippen LogP contribution in [0.25, 0.3) is 0 Å². The van der Waals surface area contributed by atoms with Gasteiger partial charge in [-0.3, -0.25) is 4.79 Å². The molecule has 2 N–H and O–H groups in total. The maximum absolute atomic E-state index is 13.9. The largest absolute Gasteiger partial charge is 0.480 e. The molecule has 4 fully saturated rings. The van der Waals surface area contributed by atoms with Gasteiger partial charge in [0.2, 0.25) is 5.91 Å². The third-order valence-corrected chi connectivity index (χ3v) is 6.51. The van der Waals surface area contributed by atoms with Crippen molar-refractivity contribution in [1.82, 2.24) is 5.32 Å². The van der Waals surface area contributed by atoms with Crippen LogP contribution in [0.15, 0.2) is 24.3 Å². The average Bonchev–Trinajstić information content (AvgIpc) is 2.54. The zero-order chi connectivity index (χ0) is 17.6. The average molecular weight is 345 g/mol. The second-order valence-electron chi connectivity index (χ2n) is 8.36. The zero-order valence-electron chi connectivity index (χ0n) is 14.2. The van der Waals surface area contributed by atoms with Crippen molar-refractivity contribution in [2.45, 2.75) is 51.0 Å². The number of carboxylic acids is 1. The highest BCUT2D eigenvalue weighted by Gasteiger charge is 2.54. The topological polar surface area (TPSA) is 66.4 Å². The van der Waals surface area contributed by atoms with Crippen LogP contribution in [-0.2, 0) is 16.0 Å².